The van der Waals surface area contributed by atoms with Crippen molar-refractivity contribution in [3.8, 4) is 0 Å². The van der Waals surface area contributed by atoms with Crippen LogP contribution in [0.2, 0.25) is 0 Å². The average molecular weight is 282 g/mol. The quantitative estimate of drug-likeness (QED) is 0.887. The van der Waals surface area contributed by atoms with Crippen LogP contribution in [-0.2, 0) is 5.41 Å². The lowest BCUT2D eigenvalue weighted by atomic mass is 9.59. The number of hydrogen-bond donors (Lipinski definition) is 1. The average Bonchev–Trinajstić information content (AvgIpc) is 2.23. The van der Waals surface area contributed by atoms with E-state index >= 15 is 0 Å². The molecule has 1 aromatic rings. The van der Waals surface area contributed by atoms with Crippen LogP contribution in [0.3, 0.4) is 0 Å². The Morgan fingerprint density at radius 2 is 2.06 bits per heavy atom. The molecule has 0 amide bonds. The summed E-state index contributed by atoms with van der Waals surface area (Å²) in [6.07, 6.45) is 2.62. The molecule has 0 radical (unpaired) electrons. The SMILES string of the molecule is CCNCC1(c2ccccc2Br)CC(C)C1. The van der Waals surface area contributed by atoms with E-state index in [1.54, 1.807) is 0 Å². The summed E-state index contributed by atoms with van der Waals surface area (Å²) in [6, 6.07) is 8.67. The molecular formula is C14H20BrN. The van der Waals surface area contributed by atoms with Crippen LogP contribution in [0.4, 0.5) is 0 Å². The zero-order valence-electron chi connectivity index (χ0n) is 10.1. The first-order valence-electron chi connectivity index (χ1n) is 6.14. The number of rotatable bonds is 4. The highest BCUT2D eigenvalue weighted by molar-refractivity contribution is 9.10. The van der Waals surface area contributed by atoms with Gasteiger partial charge in [-0.3, -0.25) is 0 Å². The molecule has 88 valence electrons. The highest BCUT2D eigenvalue weighted by Crippen LogP contribution is 2.49. The Hall–Kier alpha value is -0.340. The predicted octanol–water partition coefficient (Wildman–Crippen LogP) is 3.73. The van der Waals surface area contributed by atoms with Crippen molar-refractivity contribution in [2.24, 2.45) is 5.92 Å². The van der Waals surface area contributed by atoms with Gasteiger partial charge < -0.3 is 5.32 Å². The fraction of sp³-hybridized carbons (Fsp3) is 0.571. The van der Waals surface area contributed by atoms with Crippen molar-refractivity contribution in [2.75, 3.05) is 13.1 Å². The summed E-state index contributed by atoms with van der Waals surface area (Å²) in [7, 11) is 0. The molecule has 0 bridgehead atoms. The summed E-state index contributed by atoms with van der Waals surface area (Å²) >= 11 is 3.69. The molecule has 0 atom stereocenters. The van der Waals surface area contributed by atoms with E-state index in [4.69, 9.17) is 0 Å². The lowest BCUT2D eigenvalue weighted by Gasteiger charge is -2.48. The summed E-state index contributed by atoms with van der Waals surface area (Å²) in [5.74, 6) is 0.866. The largest absolute Gasteiger partial charge is 0.316 e. The molecule has 0 aliphatic heterocycles. The summed E-state index contributed by atoms with van der Waals surface area (Å²) in [5, 5.41) is 3.52. The molecule has 0 heterocycles. The van der Waals surface area contributed by atoms with E-state index in [1.807, 2.05) is 0 Å². The maximum Gasteiger partial charge on any atom is 0.0213 e. The minimum atomic E-state index is 0.371. The predicted molar refractivity (Wildman–Crippen MR) is 72.8 cm³/mol. The third-order valence-electron chi connectivity index (χ3n) is 3.64. The first-order chi connectivity index (χ1) is 7.68. The van der Waals surface area contributed by atoms with Crippen LogP contribution < -0.4 is 5.32 Å². The zero-order valence-corrected chi connectivity index (χ0v) is 11.7. The molecule has 0 aromatic heterocycles. The van der Waals surface area contributed by atoms with Gasteiger partial charge in [-0.15, -0.1) is 0 Å². The van der Waals surface area contributed by atoms with Crippen LogP contribution >= 0.6 is 15.9 Å². The molecule has 0 unspecified atom stereocenters. The Kier molecular flexibility index (Phi) is 3.70. The van der Waals surface area contributed by atoms with Crippen LogP contribution in [0.1, 0.15) is 32.3 Å². The van der Waals surface area contributed by atoms with E-state index in [9.17, 15) is 0 Å². The first-order valence-corrected chi connectivity index (χ1v) is 6.93. The normalized spacial score (nSPS) is 28.8. The summed E-state index contributed by atoms with van der Waals surface area (Å²) in [5.41, 5.74) is 1.85. The second-order valence-corrected chi connectivity index (χ2v) is 5.91. The Balaban J connectivity index is 2.23. The molecule has 1 aliphatic rings. The van der Waals surface area contributed by atoms with Crippen molar-refractivity contribution < 1.29 is 0 Å². The molecule has 1 saturated carbocycles. The van der Waals surface area contributed by atoms with Gasteiger partial charge in [-0.25, -0.2) is 0 Å². The third-order valence-corrected chi connectivity index (χ3v) is 4.33. The Morgan fingerprint density at radius 3 is 2.62 bits per heavy atom. The van der Waals surface area contributed by atoms with Gasteiger partial charge in [0.2, 0.25) is 0 Å². The number of benzene rings is 1. The second kappa shape index (κ2) is 4.89. The van der Waals surface area contributed by atoms with Crippen LogP contribution in [0.25, 0.3) is 0 Å². The minimum Gasteiger partial charge on any atom is -0.316 e. The molecular weight excluding hydrogens is 262 g/mol. The van der Waals surface area contributed by atoms with Gasteiger partial charge in [0, 0.05) is 16.4 Å². The molecule has 1 N–H and O–H groups in total. The van der Waals surface area contributed by atoms with Gasteiger partial charge in [0.25, 0.3) is 0 Å². The van der Waals surface area contributed by atoms with Gasteiger partial charge in [-0.05, 0) is 36.9 Å². The van der Waals surface area contributed by atoms with Crippen molar-refractivity contribution in [1.29, 1.82) is 0 Å². The monoisotopic (exact) mass is 281 g/mol. The smallest absolute Gasteiger partial charge is 0.0213 e. The fourth-order valence-electron chi connectivity index (χ4n) is 2.99. The van der Waals surface area contributed by atoms with Gasteiger partial charge in [0.1, 0.15) is 0 Å². The van der Waals surface area contributed by atoms with E-state index in [0.29, 0.717) is 5.41 Å². The second-order valence-electron chi connectivity index (χ2n) is 5.05. The molecule has 1 nitrogen and oxygen atoms in total. The van der Waals surface area contributed by atoms with Crippen LogP contribution in [0, 0.1) is 5.92 Å². The maximum atomic E-state index is 3.69. The first kappa shape index (κ1) is 12.1. The summed E-state index contributed by atoms with van der Waals surface area (Å²) in [4.78, 5) is 0. The van der Waals surface area contributed by atoms with Crippen molar-refractivity contribution in [2.45, 2.75) is 32.1 Å². The molecule has 1 fully saturated rings. The van der Waals surface area contributed by atoms with E-state index in [0.717, 1.165) is 19.0 Å². The van der Waals surface area contributed by atoms with Gasteiger partial charge in [-0.2, -0.15) is 0 Å². The molecule has 2 heteroatoms. The summed E-state index contributed by atoms with van der Waals surface area (Å²) < 4.78 is 1.26. The Bertz CT molecular complexity index is 356. The van der Waals surface area contributed by atoms with Gasteiger partial charge in [-0.1, -0.05) is 48.0 Å². The van der Waals surface area contributed by atoms with Gasteiger partial charge >= 0.3 is 0 Å². The lowest BCUT2D eigenvalue weighted by molar-refractivity contribution is 0.152. The maximum absolute atomic E-state index is 3.69. The van der Waals surface area contributed by atoms with E-state index in [1.165, 1.54) is 22.9 Å². The highest BCUT2D eigenvalue weighted by atomic mass is 79.9. The molecule has 1 aromatic carbocycles. The Morgan fingerprint density at radius 1 is 1.38 bits per heavy atom. The highest BCUT2D eigenvalue weighted by Gasteiger charge is 2.43. The lowest BCUT2D eigenvalue weighted by Crippen LogP contribution is -2.48. The zero-order chi connectivity index (χ0) is 11.6. The fourth-order valence-corrected chi connectivity index (χ4v) is 3.69. The summed E-state index contributed by atoms with van der Waals surface area (Å²) in [6.45, 7) is 6.69. The van der Waals surface area contributed by atoms with E-state index in [2.05, 4.69) is 59.4 Å². The minimum absolute atomic E-state index is 0.371. The number of nitrogens with one attached hydrogen (secondary N) is 1. The van der Waals surface area contributed by atoms with Crippen LogP contribution in [0.5, 0.6) is 0 Å². The molecule has 2 rings (SSSR count). The molecule has 16 heavy (non-hydrogen) atoms. The molecule has 1 aliphatic carbocycles. The van der Waals surface area contributed by atoms with Gasteiger partial charge in [0.05, 0.1) is 0 Å². The molecule has 0 spiro atoms. The van der Waals surface area contributed by atoms with Gasteiger partial charge in [0.15, 0.2) is 0 Å². The van der Waals surface area contributed by atoms with E-state index in [-0.39, 0.29) is 0 Å². The van der Waals surface area contributed by atoms with Crippen LogP contribution in [0.15, 0.2) is 28.7 Å². The van der Waals surface area contributed by atoms with E-state index < -0.39 is 0 Å². The number of halogens is 1. The number of hydrogen-bond acceptors (Lipinski definition) is 1. The van der Waals surface area contributed by atoms with Crippen molar-refractivity contribution in [1.82, 2.24) is 5.32 Å². The molecule has 0 saturated heterocycles. The standard InChI is InChI=1S/C14H20BrN/c1-3-16-10-14(8-11(2)9-14)12-6-4-5-7-13(12)15/h4-7,11,16H,3,8-10H2,1-2H3. The van der Waals surface area contributed by atoms with Crippen molar-refractivity contribution in [3.63, 3.8) is 0 Å². The third kappa shape index (κ3) is 2.18. The van der Waals surface area contributed by atoms with Crippen LogP contribution in [-0.4, -0.2) is 13.1 Å². The topological polar surface area (TPSA) is 12.0 Å². The van der Waals surface area contributed by atoms with Crippen molar-refractivity contribution in [3.05, 3.63) is 34.3 Å². The number of likely N-dealkylation sites (N-methyl/N-ethyl adjacent to an activating group) is 1. The Labute approximate surface area is 107 Å². The van der Waals surface area contributed by atoms with Crippen molar-refractivity contribution >= 4 is 15.9 Å².